The normalized spacial score (nSPS) is 18.9. The molecule has 106 valence electrons. The zero-order valence-corrected chi connectivity index (χ0v) is 11.8. The molecule has 1 unspecified atom stereocenters. The third-order valence-electron chi connectivity index (χ3n) is 4.30. The molecule has 0 saturated carbocycles. The molecular weight excluding hydrogens is 265 g/mol. The number of hydrogen-bond donors (Lipinski definition) is 0. The summed E-state index contributed by atoms with van der Waals surface area (Å²) in [5.74, 6) is 0.0899. The Morgan fingerprint density at radius 2 is 1.95 bits per heavy atom. The maximum atomic E-state index is 13.2. The summed E-state index contributed by atoms with van der Waals surface area (Å²) in [5, 5.41) is 1.13. The molecule has 1 aliphatic rings. The van der Waals surface area contributed by atoms with E-state index in [9.17, 15) is 4.39 Å². The summed E-state index contributed by atoms with van der Waals surface area (Å²) in [5.41, 5.74) is 4.71. The van der Waals surface area contributed by atoms with Gasteiger partial charge in [-0.1, -0.05) is 12.1 Å². The van der Waals surface area contributed by atoms with Crippen molar-refractivity contribution in [2.75, 3.05) is 13.6 Å². The van der Waals surface area contributed by atoms with Crippen molar-refractivity contribution in [3.8, 4) is 0 Å². The molecule has 21 heavy (non-hydrogen) atoms. The van der Waals surface area contributed by atoms with E-state index in [4.69, 9.17) is 4.42 Å². The van der Waals surface area contributed by atoms with Crippen LogP contribution in [0.15, 0.2) is 53.1 Å². The van der Waals surface area contributed by atoms with Crippen molar-refractivity contribution in [3.63, 3.8) is 0 Å². The first-order valence-corrected chi connectivity index (χ1v) is 7.15. The van der Waals surface area contributed by atoms with Gasteiger partial charge in [0.2, 0.25) is 0 Å². The van der Waals surface area contributed by atoms with Gasteiger partial charge in [-0.25, -0.2) is 4.39 Å². The Labute approximate surface area is 122 Å². The monoisotopic (exact) mass is 281 g/mol. The van der Waals surface area contributed by atoms with E-state index < -0.39 is 0 Å². The number of likely N-dealkylation sites (N-methyl/N-ethyl adjacent to an activating group) is 1. The molecule has 2 aromatic carbocycles. The number of furan rings is 1. The number of rotatable bonds is 1. The van der Waals surface area contributed by atoms with E-state index in [2.05, 4.69) is 24.1 Å². The van der Waals surface area contributed by atoms with Crippen molar-refractivity contribution in [2.24, 2.45) is 0 Å². The van der Waals surface area contributed by atoms with Gasteiger partial charge in [-0.2, -0.15) is 0 Å². The topological polar surface area (TPSA) is 16.4 Å². The molecule has 0 N–H and O–H groups in total. The van der Waals surface area contributed by atoms with Crippen LogP contribution < -0.4 is 0 Å². The number of nitrogens with zero attached hydrogens (tertiary/aromatic N) is 1. The van der Waals surface area contributed by atoms with Crippen LogP contribution in [0.4, 0.5) is 4.39 Å². The molecular formula is C18H16FNO. The molecule has 0 radical (unpaired) electrons. The Morgan fingerprint density at radius 1 is 1.14 bits per heavy atom. The standard InChI is InChI=1S/C18H16FNO/c1-20-10-14-9-18-13(6-7-21-18)8-16(14)17(11-20)12-2-4-15(19)5-3-12/h2-9,17H,10-11H2,1H3. The summed E-state index contributed by atoms with van der Waals surface area (Å²) in [6.07, 6.45) is 1.73. The first kappa shape index (κ1) is 12.6. The van der Waals surface area contributed by atoms with Crippen LogP contribution in [0.1, 0.15) is 22.6 Å². The average molecular weight is 281 g/mol. The van der Waals surface area contributed by atoms with E-state index in [1.54, 1.807) is 18.4 Å². The molecule has 4 rings (SSSR count). The fourth-order valence-electron chi connectivity index (χ4n) is 3.28. The smallest absolute Gasteiger partial charge is 0.134 e. The van der Waals surface area contributed by atoms with Gasteiger partial charge in [-0.15, -0.1) is 0 Å². The molecule has 1 atom stereocenters. The molecule has 0 fully saturated rings. The van der Waals surface area contributed by atoms with Crippen LogP contribution in [0.25, 0.3) is 11.0 Å². The minimum Gasteiger partial charge on any atom is -0.464 e. The van der Waals surface area contributed by atoms with Gasteiger partial charge in [-0.3, -0.25) is 0 Å². The maximum Gasteiger partial charge on any atom is 0.134 e. The zero-order valence-electron chi connectivity index (χ0n) is 11.8. The number of fused-ring (bicyclic) bond motifs is 2. The Hall–Kier alpha value is -2.13. The van der Waals surface area contributed by atoms with Crippen LogP contribution in [0.2, 0.25) is 0 Å². The second-order valence-electron chi connectivity index (χ2n) is 5.81. The molecule has 1 aromatic heterocycles. The molecule has 0 bridgehead atoms. The maximum absolute atomic E-state index is 13.2. The van der Waals surface area contributed by atoms with Gasteiger partial charge in [0.25, 0.3) is 0 Å². The summed E-state index contributed by atoms with van der Waals surface area (Å²) >= 11 is 0. The lowest BCUT2D eigenvalue weighted by Crippen LogP contribution is -2.30. The first-order chi connectivity index (χ1) is 10.2. The van der Waals surface area contributed by atoms with Crippen LogP contribution in [-0.2, 0) is 6.54 Å². The van der Waals surface area contributed by atoms with Crippen LogP contribution in [0, 0.1) is 5.82 Å². The van der Waals surface area contributed by atoms with Crippen molar-refractivity contribution in [1.29, 1.82) is 0 Å². The lowest BCUT2D eigenvalue weighted by atomic mass is 9.84. The van der Waals surface area contributed by atoms with Gasteiger partial charge in [0.1, 0.15) is 11.4 Å². The predicted molar refractivity (Wildman–Crippen MR) is 80.8 cm³/mol. The number of hydrogen-bond acceptors (Lipinski definition) is 2. The highest BCUT2D eigenvalue weighted by atomic mass is 19.1. The number of halogens is 1. The molecule has 0 amide bonds. The van der Waals surface area contributed by atoms with Crippen LogP contribution in [0.5, 0.6) is 0 Å². The molecule has 0 aliphatic carbocycles. The summed E-state index contributed by atoms with van der Waals surface area (Å²) in [6.45, 7) is 1.87. The van der Waals surface area contributed by atoms with E-state index in [1.807, 2.05) is 18.2 Å². The SMILES string of the molecule is CN1Cc2cc3occc3cc2C(c2ccc(F)cc2)C1. The highest BCUT2D eigenvalue weighted by molar-refractivity contribution is 5.79. The Morgan fingerprint density at radius 3 is 2.76 bits per heavy atom. The van der Waals surface area contributed by atoms with Crippen molar-refractivity contribution < 1.29 is 8.81 Å². The van der Waals surface area contributed by atoms with Gasteiger partial charge in [0, 0.05) is 24.4 Å². The quantitative estimate of drug-likeness (QED) is 0.666. The lowest BCUT2D eigenvalue weighted by molar-refractivity contribution is 0.295. The zero-order chi connectivity index (χ0) is 14.4. The fraction of sp³-hybridized carbons (Fsp3) is 0.222. The molecule has 3 aromatic rings. The van der Waals surface area contributed by atoms with Crippen LogP contribution in [0.3, 0.4) is 0 Å². The summed E-state index contributed by atoms with van der Waals surface area (Å²) in [6, 6.07) is 13.2. The molecule has 2 heterocycles. The van der Waals surface area contributed by atoms with Gasteiger partial charge in [-0.05, 0) is 54.1 Å². The average Bonchev–Trinajstić information content (AvgIpc) is 2.92. The van der Waals surface area contributed by atoms with Gasteiger partial charge in [0.05, 0.1) is 6.26 Å². The van der Waals surface area contributed by atoms with E-state index in [0.717, 1.165) is 29.6 Å². The first-order valence-electron chi connectivity index (χ1n) is 7.15. The van der Waals surface area contributed by atoms with Gasteiger partial charge >= 0.3 is 0 Å². The molecule has 0 spiro atoms. The third-order valence-corrected chi connectivity index (χ3v) is 4.30. The third kappa shape index (κ3) is 2.14. The summed E-state index contributed by atoms with van der Waals surface area (Å²) < 4.78 is 18.7. The van der Waals surface area contributed by atoms with Gasteiger partial charge in [0.15, 0.2) is 0 Å². The van der Waals surface area contributed by atoms with Crippen molar-refractivity contribution in [3.05, 3.63) is 71.2 Å². The van der Waals surface area contributed by atoms with Crippen molar-refractivity contribution >= 4 is 11.0 Å². The fourth-order valence-corrected chi connectivity index (χ4v) is 3.28. The van der Waals surface area contributed by atoms with Crippen LogP contribution in [-0.4, -0.2) is 18.5 Å². The van der Waals surface area contributed by atoms with E-state index in [-0.39, 0.29) is 11.7 Å². The van der Waals surface area contributed by atoms with Crippen molar-refractivity contribution in [1.82, 2.24) is 4.90 Å². The summed E-state index contributed by atoms with van der Waals surface area (Å²) in [7, 11) is 2.12. The second-order valence-corrected chi connectivity index (χ2v) is 5.81. The minimum absolute atomic E-state index is 0.187. The Bertz CT molecular complexity index is 791. The molecule has 0 saturated heterocycles. The van der Waals surface area contributed by atoms with Crippen LogP contribution >= 0.6 is 0 Å². The minimum atomic E-state index is -0.187. The highest BCUT2D eigenvalue weighted by Gasteiger charge is 2.25. The summed E-state index contributed by atoms with van der Waals surface area (Å²) in [4.78, 5) is 2.30. The second kappa shape index (κ2) is 4.71. The Balaban J connectivity index is 1.87. The highest BCUT2D eigenvalue weighted by Crippen LogP contribution is 2.35. The largest absolute Gasteiger partial charge is 0.464 e. The van der Waals surface area contributed by atoms with E-state index in [1.165, 1.54) is 11.1 Å². The molecule has 3 heteroatoms. The lowest BCUT2D eigenvalue weighted by Gasteiger charge is -2.32. The Kier molecular flexibility index (Phi) is 2.82. The van der Waals surface area contributed by atoms with E-state index in [0.29, 0.717) is 0 Å². The van der Waals surface area contributed by atoms with Crippen molar-refractivity contribution in [2.45, 2.75) is 12.5 Å². The van der Waals surface area contributed by atoms with E-state index >= 15 is 0 Å². The molecule has 1 aliphatic heterocycles. The molecule has 2 nitrogen and oxygen atoms in total. The number of benzene rings is 2. The van der Waals surface area contributed by atoms with Gasteiger partial charge < -0.3 is 9.32 Å². The predicted octanol–water partition coefficient (Wildman–Crippen LogP) is 4.15.